The van der Waals surface area contributed by atoms with Crippen LogP contribution in [-0.2, 0) is 6.54 Å². The average Bonchev–Trinajstić information content (AvgIpc) is 3.36. The van der Waals surface area contributed by atoms with Gasteiger partial charge >= 0.3 is 0 Å². The quantitative estimate of drug-likeness (QED) is 0.334. The lowest BCUT2D eigenvalue weighted by molar-refractivity contribution is 0.189. The summed E-state index contributed by atoms with van der Waals surface area (Å²) in [4.78, 5) is 16.2. The van der Waals surface area contributed by atoms with E-state index in [9.17, 15) is 0 Å². The molecule has 2 atom stereocenters. The van der Waals surface area contributed by atoms with Gasteiger partial charge < -0.3 is 19.2 Å². The predicted molar refractivity (Wildman–Crippen MR) is 127 cm³/mol. The smallest absolute Gasteiger partial charge is 0.194 e. The minimum absolute atomic E-state index is 0. The van der Waals surface area contributed by atoms with Crippen LogP contribution in [-0.4, -0.2) is 49.4 Å². The van der Waals surface area contributed by atoms with Crippen LogP contribution in [0.4, 0.5) is 0 Å². The first-order chi connectivity index (χ1) is 13.7. The fourth-order valence-corrected chi connectivity index (χ4v) is 3.95. The van der Waals surface area contributed by atoms with E-state index in [0.717, 1.165) is 43.4 Å². The number of imidazole rings is 2. The second-order valence-electron chi connectivity index (χ2n) is 7.59. The van der Waals surface area contributed by atoms with E-state index in [1.807, 2.05) is 24.7 Å². The highest BCUT2D eigenvalue weighted by Crippen LogP contribution is 2.27. The van der Waals surface area contributed by atoms with Gasteiger partial charge in [0.25, 0.3) is 0 Å². The van der Waals surface area contributed by atoms with E-state index in [4.69, 9.17) is 9.98 Å². The summed E-state index contributed by atoms with van der Waals surface area (Å²) in [6, 6.07) is 6.59. The van der Waals surface area contributed by atoms with Gasteiger partial charge in [-0.05, 0) is 38.3 Å². The summed E-state index contributed by atoms with van der Waals surface area (Å²) in [5.74, 6) is 1.59. The first-order valence-electron chi connectivity index (χ1n) is 10.1. The fourth-order valence-electron chi connectivity index (χ4n) is 3.95. The van der Waals surface area contributed by atoms with Crippen LogP contribution in [0.1, 0.15) is 37.7 Å². The summed E-state index contributed by atoms with van der Waals surface area (Å²) in [6.07, 6.45) is 9.07. The first-order valence-corrected chi connectivity index (χ1v) is 10.1. The number of piperidine rings is 1. The zero-order valence-corrected chi connectivity index (χ0v) is 19.7. The van der Waals surface area contributed by atoms with Gasteiger partial charge in [-0.15, -0.1) is 24.0 Å². The molecule has 29 heavy (non-hydrogen) atoms. The lowest BCUT2D eigenvalue weighted by Gasteiger charge is -2.39. The molecule has 0 aliphatic carbocycles. The highest BCUT2D eigenvalue weighted by atomic mass is 127. The molecule has 1 aliphatic rings. The van der Waals surface area contributed by atoms with Gasteiger partial charge in [-0.2, -0.15) is 0 Å². The molecule has 0 aromatic carbocycles. The Morgan fingerprint density at radius 2 is 2.21 bits per heavy atom. The van der Waals surface area contributed by atoms with Gasteiger partial charge in [0.05, 0.1) is 24.6 Å². The summed E-state index contributed by atoms with van der Waals surface area (Å²) in [7, 11) is 0. The molecule has 1 fully saturated rings. The number of halogens is 1. The van der Waals surface area contributed by atoms with E-state index >= 15 is 0 Å². The zero-order chi connectivity index (χ0) is 19.5. The van der Waals surface area contributed by atoms with Crippen molar-refractivity contribution in [3.63, 3.8) is 0 Å². The van der Waals surface area contributed by atoms with Gasteiger partial charge in [0, 0.05) is 43.9 Å². The number of rotatable bonds is 4. The first kappa shape index (κ1) is 21.6. The minimum atomic E-state index is 0. The highest BCUT2D eigenvalue weighted by molar-refractivity contribution is 14.0. The van der Waals surface area contributed by atoms with Crippen molar-refractivity contribution in [1.29, 1.82) is 0 Å². The topological polar surface area (TPSA) is 62.8 Å². The standard InChI is InChI=1S/C21H29N7.HI/c1-4-23-21(24-12-18-13-28-17(3)6-5-7-20(28)25-18)26-10-8-16(2)19(14-26)27-11-9-22-15-27;/h5-7,9,11,13,15-16,19H,4,8,10,12,14H2,1-3H3,(H,23,24);1H. The number of hydrogen-bond donors (Lipinski definition) is 1. The van der Waals surface area contributed by atoms with Gasteiger partial charge in [-0.25, -0.2) is 15.0 Å². The third kappa shape index (κ3) is 4.73. The molecule has 0 bridgehead atoms. The molecule has 3 aromatic rings. The van der Waals surface area contributed by atoms with Gasteiger partial charge in [0.2, 0.25) is 0 Å². The Morgan fingerprint density at radius 3 is 2.93 bits per heavy atom. The molecule has 0 radical (unpaired) electrons. The van der Waals surface area contributed by atoms with E-state index in [2.05, 4.69) is 63.4 Å². The van der Waals surface area contributed by atoms with Crippen LogP contribution >= 0.6 is 24.0 Å². The summed E-state index contributed by atoms with van der Waals surface area (Å²) in [5.41, 5.74) is 3.14. The Bertz CT molecular complexity index is 947. The van der Waals surface area contributed by atoms with Crippen molar-refractivity contribution in [2.75, 3.05) is 19.6 Å². The number of nitrogens with one attached hydrogen (secondary N) is 1. The van der Waals surface area contributed by atoms with Crippen LogP contribution in [0.5, 0.6) is 0 Å². The van der Waals surface area contributed by atoms with Crippen LogP contribution in [0.25, 0.3) is 5.65 Å². The Kier molecular flexibility index (Phi) is 7.15. The minimum Gasteiger partial charge on any atom is -0.357 e. The maximum atomic E-state index is 4.90. The molecule has 0 saturated carbocycles. The summed E-state index contributed by atoms with van der Waals surface area (Å²) >= 11 is 0. The van der Waals surface area contributed by atoms with Crippen molar-refractivity contribution in [3.05, 3.63) is 54.5 Å². The number of hydrogen-bond acceptors (Lipinski definition) is 3. The molecular weight excluding hydrogens is 477 g/mol. The molecule has 0 spiro atoms. The van der Waals surface area contributed by atoms with E-state index in [1.165, 1.54) is 5.69 Å². The predicted octanol–water partition coefficient (Wildman–Crippen LogP) is 3.51. The SMILES string of the molecule is CCNC(=NCc1cn2c(C)cccc2n1)N1CCC(C)C(n2ccnc2)C1.I. The van der Waals surface area contributed by atoms with Gasteiger partial charge in [0.1, 0.15) is 5.65 Å². The lowest BCUT2D eigenvalue weighted by Crippen LogP contribution is -2.49. The van der Waals surface area contributed by atoms with E-state index in [-0.39, 0.29) is 24.0 Å². The third-order valence-electron chi connectivity index (χ3n) is 5.60. The monoisotopic (exact) mass is 507 g/mol. The summed E-state index contributed by atoms with van der Waals surface area (Å²) < 4.78 is 4.35. The zero-order valence-electron chi connectivity index (χ0n) is 17.3. The summed E-state index contributed by atoms with van der Waals surface area (Å²) in [5, 5.41) is 3.46. The molecule has 4 heterocycles. The molecule has 2 unspecified atom stereocenters. The number of fused-ring (bicyclic) bond motifs is 1. The van der Waals surface area contributed by atoms with Crippen LogP contribution < -0.4 is 5.32 Å². The molecule has 1 saturated heterocycles. The molecule has 1 aliphatic heterocycles. The van der Waals surface area contributed by atoms with E-state index < -0.39 is 0 Å². The number of aliphatic imine (C=N–C) groups is 1. The Labute approximate surface area is 189 Å². The van der Waals surface area contributed by atoms with E-state index in [0.29, 0.717) is 18.5 Å². The second kappa shape index (κ2) is 9.60. The van der Waals surface area contributed by atoms with Crippen molar-refractivity contribution >= 4 is 35.6 Å². The second-order valence-corrected chi connectivity index (χ2v) is 7.59. The molecule has 0 amide bonds. The molecule has 8 heteroatoms. The number of aryl methyl sites for hydroxylation is 1. The normalized spacial score (nSPS) is 20.0. The molecule has 4 rings (SSSR count). The fraction of sp³-hybridized carbons (Fsp3) is 0.476. The maximum absolute atomic E-state index is 4.90. The molecule has 156 valence electrons. The number of pyridine rings is 1. The van der Waals surface area contributed by atoms with Crippen molar-refractivity contribution in [1.82, 2.24) is 29.2 Å². The van der Waals surface area contributed by atoms with Crippen molar-refractivity contribution in [2.45, 2.75) is 39.8 Å². The molecule has 1 N–H and O–H groups in total. The van der Waals surface area contributed by atoms with Crippen molar-refractivity contribution in [2.24, 2.45) is 10.9 Å². The largest absolute Gasteiger partial charge is 0.357 e. The Morgan fingerprint density at radius 1 is 1.34 bits per heavy atom. The van der Waals surface area contributed by atoms with Crippen LogP contribution in [0.15, 0.2) is 48.1 Å². The van der Waals surface area contributed by atoms with E-state index in [1.54, 1.807) is 0 Å². The van der Waals surface area contributed by atoms with Gasteiger partial charge in [0.15, 0.2) is 5.96 Å². The van der Waals surface area contributed by atoms with Gasteiger partial charge in [-0.1, -0.05) is 13.0 Å². The van der Waals surface area contributed by atoms with Crippen LogP contribution in [0.3, 0.4) is 0 Å². The number of nitrogens with zero attached hydrogens (tertiary/aromatic N) is 6. The van der Waals surface area contributed by atoms with Crippen LogP contribution in [0, 0.1) is 12.8 Å². The average molecular weight is 507 g/mol. The molecule has 7 nitrogen and oxygen atoms in total. The van der Waals surface area contributed by atoms with Crippen molar-refractivity contribution in [3.8, 4) is 0 Å². The molecule has 3 aromatic heterocycles. The third-order valence-corrected chi connectivity index (χ3v) is 5.60. The Balaban J connectivity index is 0.00000240. The number of aromatic nitrogens is 4. The maximum Gasteiger partial charge on any atom is 0.194 e. The number of guanidine groups is 1. The van der Waals surface area contributed by atoms with Crippen molar-refractivity contribution < 1.29 is 0 Å². The van der Waals surface area contributed by atoms with Crippen LogP contribution in [0.2, 0.25) is 0 Å². The highest BCUT2D eigenvalue weighted by Gasteiger charge is 2.28. The number of likely N-dealkylation sites (tertiary alicyclic amines) is 1. The Hall–Kier alpha value is -2.10. The lowest BCUT2D eigenvalue weighted by atomic mass is 9.93. The summed E-state index contributed by atoms with van der Waals surface area (Å²) in [6.45, 7) is 9.91. The van der Waals surface area contributed by atoms with Gasteiger partial charge in [-0.3, -0.25) is 0 Å². The molecular formula is C21H30IN7.